The van der Waals surface area contributed by atoms with Gasteiger partial charge in [0.15, 0.2) is 24.6 Å². The van der Waals surface area contributed by atoms with Gasteiger partial charge in [0, 0.05) is 19.3 Å². The van der Waals surface area contributed by atoms with Gasteiger partial charge in [-0.25, -0.2) is 4.79 Å². The molecule has 0 aliphatic carbocycles. The number of rotatable bonds is 45. The standard InChI is InChI=1S/C59H96O12/c1-4-7-10-13-16-19-22-25-26-29-30-33-36-39-42-45-51(60)67-48-50(69-52(61)46-43-40-37-34-31-27-23-20-17-14-11-8-5-2)49-68-59-57(55(64)54(63)56(71-59)58(65)66)70-53(62)47-44-41-38-35-32-28-24-21-18-15-12-9-6-3/h8,11,16-17,19-21,24-27,31,37,40,50,54-57,59,63-64H,4-7,9-10,12-15,18,22-23,28-30,32-36,38-39,41-49H2,1-3H3,(H,65,66)/b11-8-,19-16-,20-17-,24-21-,26-25-,31-27-,40-37-. The van der Waals surface area contributed by atoms with Crippen LogP contribution in [0.1, 0.15) is 213 Å². The molecular weight excluding hydrogens is 901 g/mol. The molecule has 1 fully saturated rings. The lowest BCUT2D eigenvalue weighted by Gasteiger charge is -2.40. The average Bonchev–Trinajstić information content (AvgIpc) is 3.35. The largest absolute Gasteiger partial charge is 0.479 e. The molecule has 0 bridgehead atoms. The smallest absolute Gasteiger partial charge is 0.335 e. The van der Waals surface area contributed by atoms with E-state index in [2.05, 4.69) is 93.7 Å². The van der Waals surface area contributed by atoms with Crippen molar-refractivity contribution in [2.45, 2.75) is 250 Å². The van der Waals surface area contributed by atoms with E-state index in [0.29, 0.717) is 25.7 Å². The lowest BCUT2D eigenvalue weighted by atomic mass is 9.98. The summed E-state index contributed by atoms with van der Waals surface area (Å²) in [6.07, 6.45) is 47.2. The SMILES string of the molecule is CC/C=C\C/C=C\C/C=C\C/C=C\CCC(=O)OC(COC(=O)CCCCCCC/C=C\C/C=C\CCCCC)COC1OC(C(=O)O)C(O)C(O)C1OC(=O)CCCCCCC/C=C\CCCCCC. The van der Waals surface area contributed by atoms with Crippen LogP contribution in [0.3, 0.4) is 0 Å². The fraction of sp³-hybridized carbons (Fsp3) is 0.695. The Kier molecular flexibility index (Phi) is 42.9. The highest BCUT2D eigenvalue weighted by atomic mass is 16.7. The molecule has 12 heteroatoms. The van der Waals surface area contributed by atoms with Gasteiger partial charge < -0.3 is 39.0 Å². The molecule has 12 nitrogen and oxygen atoms in total. The van der Waals surface area contributed by atoms with Crippen molar-refractivity contribution in [3.63, 3.8) is 0 Å². The Hall–Kier alpha value is -4.10. The van der Waals surface area contributed by atoms with Gasteiger partial charge in [-0.1, -0.05) is 176 Å². The molecule has 0 radical (unpaired) electrons. The van der Waals surface area contributed by atoms with E-state index in [4.69, 9.17) is 23.7 Å². The van der Waals surface area contributed by atoms with E-state index in [-0.39, 0.29) is 25.9 Å². The monoisotopic (exact) mass is 997 g/mol. The van der Waals surface area contributed by atoms with Crippen LogP contribution < -0.4 is 0 Å². The van der Waals surface area contributed by atoms with Gasteiger partial charge in [-0.05, 0) is 103 Å². The maximum atomic E-state index is 13.1. The van der Waals surface area contributed by atoms with E-state index < -0.39 is 67.3 Å². The molecule has 0 aromatic rings. The van der Waals surface area contributed by atoms with Crippen LogP contribution in [-0.4, -0.2) is 89.2 Å². The molecule has 1 aliphatic rings. The first-order chi connectivity index (χ1) is 34.6. The van der Waals surface area contributed by atoms with Crippen LogP contribution in [0, 0.1) is 0 Å². The number of aliphatic hydroxyl groups is 2. The van der Waals surface area contributed by atoms with Crippen LogP contribution in [0.5, 0.6) is 0 Å². The maximum Gasteiger partial charge on any atom is 0.335 e. The number of carbonyl (C=O) groups is 4. The third kappa shape index (κ3) is 37.3. The quantitative estimate of drug-likeness (QED) is 0.0228. The van der Waals surface area contributed by atoms with E-state index >= 15 is 0 Å². The van der Waals surface area contributed by atoms with Crippen molar-refractivity contribution in [1.29, 1.82) is 0 Å². The van der Waals surface area contributed by atoms with Crippen molar-refractivity contribution >= 4 is 23.9 Å². The Morgan fingerprint density at radius 2 is 0.915 bits per heavy atom. The Morgan fingerprint density at radius 3 is 1.45 bits per heavy atom. The number of carbonyl (C=O) groups excluding carboxylic acids is 3. The number of carboxylic acid groups (broad SMARTS) is 1. The number of allylic oxidation sites excluding steroid dienone is 14. The number of aliphatic carboxylic acids is 1. The van der Waals surface area contributed by atoms with Crippen LogP contribution in [0.25, 0.3) is 0 Å². The molecule has 0 aromatic heterocycles. The highest BCUT2D eigenvalue weighted by Crippen LogP contribution is 2.26. The Bertz CT molecular complexity index is 1560. The van der Waals surface area contributed by atoms with Gasteiger partial charge in [0.1, 0.15) is 18.8 Å². The molecule has 1 heterocycles. The van der Waals surface area contributed by atoms with E-state index in [1.807, 2.05) is 12.2 Å². The van der Waals surface area contributed by atoms with Gasteiger partial charge in [-0.15, -0.1) is 0 Å². The summed E-state index contributed by atoms with van der Waals surface area (Å²) in [5.74, 6) is -3.27. The van der Waals surface area contributed by atoms with Crippen LogP contribution in [0.4, 0.5) is 0 Å². The molecule has 404 valence electrons. The van der Waals surface area contributed by atoms with Crippen molar-refractivity contribution in [2.75, 3.05) is 13.2 Å². The number of aliphatic hydroxyl groups excluding tert-OH is 2. The lowest BCUT2D eigenvalue weighted by Crippen LogP contribution is -2.61. The van der Waals surface area contributed by atoms with Gasteiger partial charge in [0.2, 0.25) is 0 Å². The summed E-state index contributed by atoms with van der Waals surface area (Å²) in [6.45, 7) is 5.73. The predicted octanol–water partition coefficient (Wildman–Crippen LogP) is 13.6. The summed E-state index contributed by atoms with van der Waals surface area (Å²) in [4.78, 5) is 50.9. The van der Waals surface area contributed by atoms with Gasteiger partial charge >= 0.3 is 23.9 Å². The Balaban J connectivity index is 2.78. The van der Waals surface area contributed by atoms with Crippen LogP contribution in [-0.2, 0) is 42.9 Å². The first kappa shape index (κ1) is 64.9. The Morgan fingerprint density at radius 1 is 0.479 bits per heavy atom. The lowest BCUT2D eigenvalue weighted by molar-refractivity contribution is -0.301. The minimum atomic E-state index is -1.92. The van der Waals surface area contributed by atoms with Gasteiger partial charge in [0.05, 0.1) is 6.61 Å². The summed E-state index contributed by atoms with van der Waals surface area (Å²) in [5, 5.41) is 31.4. The first-order valence-corrected chi connectivity index (χ1v) is 27.6. The normalized spacial score (nSPS) is 19.1. The van der Waals surface area contributed by atoms with Crippen LogP contribution in [0.2, 0.25) is 0 Å². The Labute approximate surface area is 429 Å². The second-order valence-electron chi connectivity index (χ2n) is 18.5. The van der Waals surface area contributed by atoms with Crippen LogP contribution >= 0.6 is 0 Å². The number of ether oxygens (including phenoxy) is 5. The van der Waals surface area contributed by atoms with E-state index in [1.54, 1.807) is 0 Å². The number of esters is 3. The second kappa shape index (κ2) is 46.9. The van der Waals surface area contributed by atoms with Crippen molar-refractivity contribution in [1.82, 2.24) is 0 Å². The topological polar surface area (TPSA) is 175 Å². The van der Waals surface area contributed by atoms with Gasteiger partial charge in [-0.3, -0.25) is 14.4 Å². The van der Waals surface area contributed by atoms with Gasteiger partial charge in [-0.2, -0.15) is 0 Å². The summed E-state index contributed by atoms with van der Waals surface area (Å²) < 4.78 is 28.2. The highest BCUT2D eigenvalue weighted by molar-refractivity contribution is 5.74. The predicted molar refractivity (Wildman–Crippen MR) is 284 cm³/mol. The molecule has 0 spiro atoms. The third-order valence-electron chi connectivity index (χ3n) is 11.9. The fourth-order valence-electron chi connectivity index (χ4n) is 7.70. The molecule has 1 saturated heterocycles. The molecule has 0 saturated carbocycles. The number of hydrogen-bond donors (Lipinski definition) is 3. The minimum Gasteiger partial charge on any atom is -0.479 e. The molecule has 6 atom stereocenters. The molecule has 3 N–H and O–H groups in total. The molecule has 0 amide bonds. The second-order valence-corrected chi connectivity index (χ2v) is 18.5. The van der Waals surface area contributed by atoms with E-state index in [9.17, 15) is 34.5 Å². The average molecular weight is 997 g/mol. The van der Waals surface area contributed by atoms with E-state index in [0.717, 1.165) is 103 Å². The molecule has 6 unspecified atom stereocenters. The number of carboxylic acids is 1. The van der Waals surface area contributed by atoms with Gasteiger partial charge in [0.25, 0.3) is 0 Å². The summed E-state index contributed by atoms with van der Waals surface area (Å²) >= 11 is 0. The molecule has 0 aromatic carbocycles. The summed E-state index contributed by atoms with van der Waals surface area (Å²) in [6, 6.07) is 0. The molecular formula is C59H96O12. The molecule has 71 heavy (non-hydrogen) atoms. The zero-order valence-corrected chi connectivity index (χ0v) is 44.2. The minimum absolute atomic E-state index is 0.0348. The van der Waals surface area contributed by atoms with Crippen molar-refractivity contribution in [3.8, 4) is 0 Å². The molecule has 1 rings (SSSR count). The summed E-state index contributed by atoms with van der Waals surface area (Å²) in [7, 11) is 0. The zero-order chi connectivity index (χ0) is 51.8. The van der Waals surface area contributed by atoms with Crippen LogP contribution in [0.15, 0.2) is 85.1 Å². The fourth-order valence-corrected chi connectivity index (χ4v) is 7.70. The first-order valence-electron chi connectivity index (χ1n) is 27.6. The highest BCUT2D eigenvalue weighted by Gasteiger charge is 2.50. The summed E-state index contributed by atoms with van der Waals surface area (Å²) in [5.41, 5.74) is 0. The number of hydrogen-bond acceptors (Lipinski definition) is 11. The zero-order valence-electron chi connectivity index (χ0n) is 44.2. The van der Waals surface area contributed by atoms with E-state index in [1.165, 1.54) is 44.9 Å². The maximum absolute atomic E-state index is 13.1. The third-order valence-corrected chi connectivity index (χ3v) is 11.9. The number of unbranched alkanes of at least 4 members (excludes halogenated alkanes) is 17. The van der Waals surface area contributed by atoms with Crippen molar-refractivity contribution in [2.24, 2.45) is 0 Å². The molecule has 1 aliphatic heterocycles. The van der Waals surface area contributed by atoms with Crippen molar-refractivity contribution in [3.05, 3.63) is 85.1 Å². The van der Waals surface area contributed by atoms with Crippen molar-refractivity contribution < 1.29 is 58.2 Å².